The summed E-state index contributed by atoms with van der Waals surface area (Å²) in [5.41, 5.74) is 7.12. The molecule has 1 aromatic heterocycles. The van der Waals surface area contributed by atoms with Gasteiger partial charge in [-0.15, -0.1) is 0 Å². The lowest BCUT2D eigenvalue weighted by molar-refractivity contribution is 0.489. The molecule has 0 N–H and O–H groups in total. The van der Waals surface area contributed by atoms with Crippen LogP contribution in [0, 0.1) is 0 Å². The highest BCUT2D eigenvalue weighted by atomic mass is 28.3. The van der Waals surface area contributed by atoms with Crippen molar-refractivity contribution in [3.8, 4) is 22.6 Å². The monoisotopic (exact) mass is 863 g/mol. The van der Waals surface area contributed by atoms with E-state index in [1.807, 2.05) is 0 Å². The molecule has 306 valence electrons. The van der Waals surface area contributed by atoms with Crippen molar-refractivity contribution in [3.63, 3.8) is 0 Å². The normalized spacial score (nSPS) is 14.2. The van der Waals surface area contributed by atoms with Crippen LogP contribution in [-0.4, -0.2) is 16.1 Å². The zero-order valence-corrected chi connectivity index (χ0v) is 37.4. The Bertz CT molecular complexity index is 3460. The summed E-state index contributed by atoms with van der Waals surface area (Å²) in [4.78, 5) is 2.51. The van der Waals surface area contributed by atoms with Gasteiger partial charge in [0.15, 0.2) is 16.1 Å². The van der Waals surface area contributed by atoms with Crippen LogP contribution in [0.3, 0.4) is 0 Å². The highest BCUT2D eigenvalue weighted by molar-refractivity contribution is 7.22. The first-order valence-corrected chi connectivity index (χ1v) is 26.3. The Morgan fingerprint density at radius 3 is 1.38 bits per heavy atom. The van der Waals surface area contributed by atoms with E-state index in [1.54, 1.807) is 0 Å². The van der Waals surface area contributed by atoms with Crippen molar-refractivity contribution < 1.29 is 9.15 Å². The fourth-order valence-electron chi connectivity index (χ4n) is 11.3. The molecule has 3 nitrogen and oxygen atoms in total. The number of benzene rings is 10. The smallest absolute Gasteiger partial charge is 0.188 e. The molecule has 65 heavy (non-hydrogen) atoms. The summed E-state index contributed by atoms with van der Waals surface area (Å²) in [6, 6.07) is 91.5. The summed E-state index contributed by atoms with van der Waals surface area (Å²) in [6.45, 7) is 0. The van der Waals surface area contributed by atoms with E-state index in [2.05, 4.69) is 254 Å². The fraction of sp³-hybridized carbons (Fsp3) is 0. The molecule has 11 aromatic rings. The summed E-state index contributed by atoms with van der Waals surface area (Å²) in [5.74, 6) is 1.77. The van der Waals surface area contributed by atoms with Gasteiger partial charge >= 0.3 is 0 Å². The molecule has 0 saturated carbocycles. The van der Waals surface area contributed by atoms with Crippen LogP contribution in [0.2, 0.25) is 0 Å². The van der Waals surface area contributed by atoms with Gasteiger partial charge in [-0.05, 0) is 77.9 Å². The predicted molar refractivity (Wildman–Crippen MR) is 275 cm³/mol. The number of nitrogens with zero attached hydrogens (tertiary/aromatic N) is 1. The second-order valence-corrected chi connectivity index (χ2v) is 24.5. The van der Waals surface area contributed by atoms with Gasteiger partial charge in [0.25, 0.3) is 0 Å². The minimum absolute atomic E-state index is 0.841. The molecule has 5 heteroatoms. The van der Waals surface area contributed by atoms with Gasteiger partial charge in [-0.25, -0.2) is 0 Å². The minimum Gasteiger partial charge on any atom is -0.457 e. The molecule has 2 aliphatic rings. The van der Waals surface area contributed by atoms with Crippen molar-refractivity contribution in [1.82, 2.24) is 0 Å². The Labute approximate surface area is 380 Å². The number of furan rings is 1. The van der Waals surface area contributed by atoms with Crippen molar-refractivity contribution in [2.24, 2.45) is 0 Å². The van der Waals surface area contributed by atoms with Gasteiger partial charge in [-0.1, -0.05) is 212 Å². The van der Waals surface area contributed by atoms with Gasteiger partial charge < -0.3 is 14.1 Å². The lowest BCUT2D eigenvalue weighted by Gasteiger charge is -2.45. The number of rotatable bonds is 6. The van der Waals surface area contributed by atoms with Crippen LogP contribution in [0.1, 0.15) is 0 Å². The van der Waals surface area contributed by atoms with Gasteiger partial charge in [0.05, 0.1) is 0 Å². The molecular weight excluding hydrogens is 823 g/mol. The van der Waals surface area contributed by atoms with Gasteiger partial charge in [-0.3, -0.25) is 0 Å². The summed E-state index contributed by atoms with van der Waals surface area (Å²) in [6.07, 6.45) is 0. The highest BCUT2D eigenvalue weighted by Gasteiger charge is 2.50. The molecule has 0 unspecified atom stereocenters. The topological polar surface area (TPSA) is 25.6 Å². The molecule has 2 aliphatic heterocycles. The molecule has 0 bridgehead atoms. The molecule has 0 aliphatic carbocycles. The van der Waals surface area contributed by atoms with Crippen LogP contribution >= 0.6 is 0 Å². The molecule has 0 spiro atoms. The average molecular weight is 864 g/mol. The lowest BCUT2D eigenvalue weighted by Crippen LogP contribution is -2.77. The second-order valence-electron chi connectivity index (χ2n) is 17.1. The van der Waals surface area contributed by atoms with Crippen molar-refractivity contribution >= 4 is 96.6 Å². The molecular formula is C60H41NO2Si2. The predicted octanol–water partition coefficient (Wildman–Crippen LogP) is 9.90. The number of hydrogen-bond acceptors (Lipinski definition) is 3. The number of anilines is 3. The van der Waals surface area contributed by atoms with Gasteiger partial charge in [0.1, 0.15) is 22.7 Å². The Kier molecular flexibility index (Phi) is 8.56. The van der Waals surface area contributed by atoms with Crippen molar-refractivity contribution in [2.45, 2.75) is 0 Å². The van der Waals surface area contributed by atoms with E-state index in [0.717, 1.165) is 50.3 Å². The second kappa shape index (κ2) is 14.8. The van der Waals surface area contributed by atoms with Crippen LogP contribution < -0.4 is 51.1 Å². The third-order valence-electron chi connectivity index (χ3n) is 13.9. The van der Waals surface area contributed by atoms with E-state index in [1.165, 1.54) is 52.9 Å². The SMILES string of the molecule is c1ccc([Si]2(c3ccccc3)c3ccccc3N(c3cc(-c4cccc5c4Oc4ccccc4[Si]5(c4ccccc4)c4ccccc4)c4oc5ccccc5c4c3)c3ccccc32)cc1. The molecule has 0 radical (unpaired) electrons. The number of ether oxygens (including phenoxy) is 1. The Hall–Kier alpha value is -7.97. The van der Waals surface area contributed by atoms with Crippen LogP contribution in [0.4, 0.5) is 17.1 Å². The van der Waals surface area contributed by atoms with Crippen molar-refractivity contribution in [1.29, 1.82) is 0 Å². The van der Waals surface area contributed by atoms with Crippen LogP contribution in [0.25, 0.3) is 33.1 Å². The minimum atomic E-state index is -2.92. The third kappa shape index (κ3) is 5.40. The van der Waals surface area contributed by atoms with Crippen LogP contribution in [0.5, 0.6) is 11.5 Å². The Morgan fingerprint density at radius 1 is 0.338 bits per heavy atom. The molecule has 13 rings (SSSR count). The Balaban J connectivity index is 1.12. The maximum atomic E-state index is 7.29. The van der Waals surface area contributed by atoms with Crippen molar-refractivity contribution in [2.75, 3.05) is 4.90 Å². The summed E-state index contributed by atoms with van der Waals surface area (Å²) in [7, 11) is -5.74. The van der Waals surface area contributed by atoms with Gasteiger partial charge in [0.2, 0.25) is 0 Å². The zero-order valence-electron chi connectivity index (χ0n) is 35.4. The van der Waals surface area contributed by atoms with Crippen LogP contribution in [-0.2, 0) is 0 Å². The Morgan fingerprint density at radius 2 is 0.800 bits per heavy atom. The van der Waals surface area contributed by atoms with Gasteiger partial charge in [0, 0.05) is 39.0 Å². The summed E-state index contributed by atoms with van der Waals surface area (Å²) in [5, 5.41) is 12.7. The van der Waals surface area contributed by atoms with Gasteiger partial charge in [-0.2, -0.15) is 0 Å². The number of hydrogen-bond donors (Lipinski definition) is 0. The first-order chi connectivity index (χ1) is 32.3. The van der Waals surface area contributed by atoms with Crippen molar-refractivity contribution in [3.05, 3.63) is 249 Å². The van der Waals surface area contributed by atoms with E-state index in [-0.39, 0.29) is 0 Å². The molecule has 0 amide bonds. The highest BCUT2D eigenvalue weighted by Crippen LogP contribution is 2.47. The van der Waals surface area contributed by atoms with E-state index in [4.69, 9.17) is 9.15 Å². The average Bonchev–Trinajstić information content (AvgIpc) is 3.76. The number of fused-ring (bicyclic) bond motifs is 7. The maximum Gasteiger partial charge on any atom is 0.188 e. The van der Waals surface area contributed by atoms with E-state index in [0.29, 0.717) is 0 Å². The fourth-order valence-corrected chi connectivity index (χ4v) is 21.3. The summed E-state index contributed by atoms with van der Waals surface area (Å²) >= 11 is 0. The standard InChI is InChI=1S/C60H41NO2Si2/c1-5-22-43(23-6-1)64(44-24-7-2-8-25-44)55-36-18-14-32-51(55)61(52-33-15-19-37-56(52)64)42-40-49-47-30-13-16-34-53(47)62-59(49)50(41-42)48-31-21-39-58-60(48)63-54-35-17-20-38-57(54)65(58,45-26-9-3-10-27-45)46-28-11-4-12-29-46/h1-41H. The lowest BCUT2D eigenvalue weighted by atomic mass is 9.99. The van der Waals surface area contributed by atoms with Crippen LogP contribution in [0.15, 0.2) is 253 Å². The largest absolute Gasteiger partial charge is 0.457 e. The first-order valence-electron chi connectivity index (χ1n) is 22.3. The molecule has 10 aromatic carbocycles. The maximum absolute atomic E-state index is 7.29. The molecule has 0 atom stereocenters. The molecule has 0 fully saturated rings. The number of para-hydroxylation sites is 5. The van der Waals surface area contributed by atoms with E-state index >= 15 is 0 Å². The third-order valence-corrected chi connectivity index (χ3v) is 23.5. The quantitative estimate of drug-likeness (QED) is 0.156. The molecule has 3 heterocycles. The summed E-state index contributed by atoms with van der Waals surface area (Å²) < 4.78 is 14.3. The molecule has 0 saturated heterocycles. The zero-order chi connectivity index (χ0) is 43.0. The van der Waals surface area contributed by atoms with E-state index in [9.17, 15) is 0 Å². The first kappa shape index (κ1) is 37.6. The van der Waals surface area contributed by atoms with E-state index < -0.39 is 16.1 Å².